The molecule has 0 unspecified atom stereocenters. The maximum absolute atomic E-state index is 12.0. The first-order chi connectivity index (χ1) is 8.09. The fraction of sp³-hybridized carbons (Fsp3) is 0.182. The standard InChI is InChI=1S/C11H12N4O2/c1-15(6-9(12)16)11(17)10-7-4-2-3-5-8(7)13-14-10/h2-5H,6H2,1H3,(H2,12,16)(H,13,14). The van der Waals surface area contributed by atoms with Crippen LogP contribution in [-0.2, 0) is 4.79 Å². The number of hydrogen-bond acceptors (Lipinski definition) is 3. The molecule has 2 rings (SSSR count). The molecule has 0 saturated carbocycles. The first-order valence-corrected chi connectivity index (χ1v) is 5.06. The van der Waals surface area contributed by atoms with Crippen LogP contribution in [0.3, 0.4) is 0 Å². The molecular formula is C11H12N4O2. The summed E-state index contributed by atoms with van der Waals surface area (Å²) < 4.78 is 0. The van der Waals surface area contributed by atoms with Gasteiger partial charge in [0, 0.05) is 12.4 Å². The molecule has 0 fully saturated rings. The van der Waals surface area contributed by atoms with Gasteiger partial charge < -0.3 is 10.6 Å². The molecule has 0 radical (unpaired) electrons. The van der Waals surface area contributed by atoms with Crippen molar-refractivity contribution in [1.29, 1.82) is 0 Å². The number of rotatable bonds is 3. The van der Waals surface area contributed by atoms with Crippen molar-refractivity contribution in [2.24, 2.45) is 5.73 Å². The number of amides is 2. The summed E-state index contributed by atoms with van der Waals surface area (Å²) in [5, 5.41) is 7.45. The van der Waals surface area contributed by atoms with Crippen molar-refractivity contribution in [1.82, 2.24) is 15.1 Å². The normalized spacial score (nSPS) is 10.4. The molecule has 1 aromatic heterocycles. The van der Waals surface area contributed by atoms with Crippen LogP contribution in [-0.4, -0.2) is 40.5 Å². The molecule has 0 aliphatic heterocycles. The Hall–Kier alpha value is -2.37. The summed E-state index contributed by atoms with van der Waals surface area (Å²) >= 11 is 0. The van der Waals surface area contributed by atoms with Gasteiger partial charge in [-0.1, -0.05) is 18.2 Å². The van der Waals surface area contributed by atoms with E-state index < -0.39 is 5.91 Å². The number of aromatic amines is 1. The molecule has 1 heterocycles. The molecule has 0 atom stereocenters. The summed E-state index contributed by atoms with van der Waals surface area (Å²) in [6.45, 7) is -0.125. The van der Waals surface area contributed by atoms with Crippen LogP contribution < -0.4 is 5.73 Å². The number of carbonyl (C=O) groups is 2. The zero-order valence-electron chi connectivity index (χ0n) is 9.30. The third-order valence-electron chi connectivity index (χ3n) is 2.41. The third kappa shape index (κ3) is 2.10. The highest BCUT2D eigenvalue weighted by Crippen LogP contribution is 2.16. The first-order valence-electron chi connectivity index (χ1n) is 5.06. The molecule has 17 heavy (non-hydrogen) atoms. The Bertz CT molecular complexity index is 576. The number of nitrogens with two attached hydrogens (primary N) is 1. The van der Waals surface area contributed by atoms with Crippen LogP contribution in [0.5, 0.6) is 0 Å². The lowest BCUT2D eigenvalue weighted by Gasteiger charge is -2.13. The number of benzene rings is 1. The van der Waals surface area contributed by atoms with Crippen LogP contribution in [0, 0.1) is 0 Å². The predicted molar refractivity (Wildman–Crippen MR) is 62.2 cm³/mol. The van der Waals surface area contributed by atoms with E-state index in [9.17, 15) is 9.59 Å². The number of para-hydroxylation sites is 1. The number of fused-ring (bicyclic) bond motifs is 1. The largest absolute Gasteiger partial charge is 0.368 e. The van der Waals surface area contributed by atoms with Crippen molar-refractivity contribution in [3.8, 4) is 0 Å². The van der Waals surface area contributed by atoms with Crippen molar-refractivity contribution >= 4 is 22.7 Å². The molecular weight excluding hydrogens is 220 g/mol. The van der Waals surface area contributed by atoms with Gasteiger partial charge in [-0.25, -0.2) is 0 Å². The molecule has 2 amide bonds. The lowest BCUT2D eigenvalue weighted by molar-refractivity contribution is -0.118. The minimum absolute atomic E-state index is 0.125. The van der Waals surface area contributed by atoms with Crippen LogP contribution in [0.15, 0.2) is 24.3 Å². The second-order valence-corrected chi connectivity index (χ2v) is 3.75. The minimum Gasteiger partial charge on any atom is -0.368 e. The van der Waals surface area contributed by atoms with E-state index in [1.54, 1.807) is 6.07 Å². The van der Waals surface area contributed by atoms with Gasteiger partial charge in [0.15, 0.2) is 5.69 Å². The molecule has 6 heteroatoms. The molecule has 0 saturated heterocycles. The van der Waals surface area contributed by atoms with Crippen molar-refractivity contribution in [3.05, 3.63) is 30.0 Å². The summed E-state index contributed by atoms with van der Waals surface area (Å²) in [6, 6.07) is 7.29. The molecule has 2 aromatic rings. The van der Waals surface area contributed by atoms with E-state index in [-0.39, 0.29) is 12.5 Å². The highest BCUT2D eigenvalue weighted by molar-refractivity contribution is 6.05. The summed E-state index contributed by atoms with van der Waals surface area (Å²) in [5.74, 6) is -0.887. The molecule has 3 N–H and O–H groups in total. The molecule has 0 aliphatic rings. The zero-order chi connectivity index (χ0) is 12.4. The molecule has 1 aromatic carbocycles. The van der Waals surface area contributed by atoms with E-state index >= 15 is 0 Å². The van der Waals surface area contributed by atoms with Gasteiger partial charge in [0.2, 0.25) is 5.91 Å². The van der Waals surface area contributed by atoms with E-state index in [1.807, 2.05) is 18.2 Å². The van der Waals surface area contributed by atoms with Crippen LogP contribution in [0.2, 0.25) is 0 Å². The lowest BCUT2D eigenvalue weighted by Crippen LogP contribution is -2.35. The van der Waals surface area contributed by atoms with Crippen LogP contribution in [0.4, 0.5) is 0 Å². The predicted octanol–water partition coefficient (Wildman–Crippen LogP) is 0.120. The average molecular weight is 232 g/mol. The van der Waals surface area contributed by atoms with Gasteiger partial charge in [-0.3, -0.25) is 14.7 Å². The fourth-order valence-electron chi connectivity index (χ4n) is 1.61. The molecule has 0 bridgehead atoms. The summed E-state index contributed by atoms with van der Waals surface area (Å²) in [5.41, 5.74) is 6.11. The zero-order valence-corrected chi connectivity index (χ0v) is 9.30. The second kappa shape index (κ2) is 4.25. The van der Waals surface area contributed by atoms with Crippen LogP contribution in [0.1, 0.15) is 10.5 Å². The second-order valence-electron chi connectivity index (χ2n) is 3.75. The number of nitrogens with zero attached hydrogens (tertiary/aromatic N) is 2. The summed E-state index contributed by atoms with van der Waals surface area (Å²) in [6.07, 6.45) is 0. The monoisotopic (exact) mass is 232 g/mol. The van der Waals surface area contributed by atoms with Gasteiger partial charge in [0.1, 0.15) is 0 Å². The Balaban J connectivity index is 2.33. The number of H-pyrrole nitrogens is 1. The number of hydrogen-bond donors (Lipinski definition) is 2. The smallest absolute Gasteiger partial charge is 0.275 e. The lowest BCUT2D eigenvalue weighted by atomic mass is 10.2. The minimum atomic E-state index is -0.555. The Morgan fingerprint density at radius 2 is 2.12 bits per heavy atom. The molecule has 0 aliphatic carbocycles. The molecule has 6 nitrogen and oxygen atoms in total. The van der Waals surface area contributed by atoms with E-state index in [1.165, 1.54) is 11.9 Å². The molecule has 88 valence electrons. The van der Waals surface area contributed by atoms with Crippen molar-refractivity contribution in [2.75, 3.05) is 13.6 Å². The highest BCUT2D eigenvalue weighted by atomic mass is 16.2. The number of aromatic nitrogens is 2. The Kier molecular flexibility index (Phi) is 2.78. The molecule has 0 spiro atoms. The van der Waals surface area contributed by atoms with Gasteiger partial charge in [0.05, 0.1) is 12.1 Å². The summed E-state index contributed by atoms with van der Waals surface area (Å²) in [7, 11) is 1.51. The number of nitrogens with one attached hydrogen (secondary N) is 1. The van der Waals surface area contributed by atoms with Crippen molar-refractivity contribution < 1.29 is 9.59 Å². The quantitative estimate of drug-likeness (QED) is 0.787. The van der Waals surface area contributed by atoms with Crippen LogP contribution >= 0.6 is 0 Å². The third-order valence-corrected chi connectivity index (χ3v) is 2.41. The van der Waals surface area contributed by atoms with Gasteiger partial charge in [0.25, 0.3) is 5.91 Å². The number of carbonyl (C=O) groups excluding carboxylic acids is 2. The van der Waals surface area contributed by atoms with Crippen molar-refractivity contribution in [2.45, 2.75) is 0 Å². The number of likely N-dealkylation sites (N-methyl/N-ethyl adjacent to an activating group) is 1. The van der Waals surface area contributed by atoms with E-state index in [4.69, 9.17) is 5.73 Å². The first kappa shape index (κ1) is 11.1. The Labute approximate surface area is 97.4 Å². The van der Waals surface area contributed by atoms with Gasteiger partial charge in [-0.2, -0.15) is 5.10 Å². The summed E-state index contributed by atoms with van der Waals surface area (Å²) in [4.78, 5) is 24.0. The SMILES string of the molecule is CN(CC(N)=O)C(=O)c1n[nH]c2ccccc12. The maximum Gasteiger partial charge on any atom is 0.275 e. The Morgan fingerprint density at radius 3 is 2.82 bits per heavy atom. The van der Waals surface area contributed by atoms with Gasteiger partial charge >= 0.3 is 0 Å². The Morgan fingerprint density at radius 1 is 1.41 bits per heavy atom. The van der Waals surface area contributed by atoms with Crippen molar-refractivity contribution in [3.63, 3.8) is 0 Å². The topological polar surface area (TPSA) is 92.1 Å². The average Bonchev–Trinajstić information content (AvgIpc) is 2.70. The fourth-order valence-corrected chi connectivity index (χ4v) is 1.61. The van der Waals surface area contributed by atoms with Crippen LogP contribution in [0.25, 0.3) is 10.9 Å². The van der Waals surface area contributed by atoms with E-state index in [0.29, 0.717) is 5.69 Å². The highest BCUT2D eigenvalue weighted by Gasteiger charge is 2.18. The van der Waals surface area contributed by atoms with Gasteiger partial charge in [-0.05, 0) is 6.07 Å². The maximum atomic E-state index is 12.0. The van der Waals surface area contributed by atoms with E-state index in [0.717, 1.165) is 10.9 Å². The number of primary amides is 1. The van der Waals surface area contributed by atoms with Gasteiger partial charge in [-0.15, -0.1) is 0 Å². The van der Waals surface area contributed by atoms with E-state index in [2.05, 4.69) is 10.2 Å².